The van der Waals surface area contributed by atoms with Gasteiger partial charge in [0.05, 0.1) is 0 Å². The molecule has 0 aromatic heterocycles. The molecule has 0 aliphatic carbocycles. The second kappa shape index (κ2) is 5.99. The average molecular weight is 280 g/mol. The number of Topliss-reactive ketones (excluding diaryl/α,β-unsaturated/α-hetero) is 1. The molecule has 0 aliphatic rings. The van der Waals surface area contributed by atoms with Gasteiger partial charge in [-0.3, -0.25) is 9.59 Å². The maximum absolute atomic E-state index is 12.0. The molecule has 0 spiro atoms. The largest absolute Gasteiger partial charge is 0.519 e. The summed E-state index contributed by atoms with van der Waals surface area (Å²) in [6.45, 7) is 5.65. The fourth-order valence-corrected chi connectivity index (χ4v) is 2.28. The van der Waals surface area contributed by atoms with Crippen molar-refractivity contribution in [2.75, 3.05) is 5.73 Å². The van der Waals surface area contributed by atoms with Crippen molar-refractivity contribution < 1.29 is 14.0 Å². The standard InChI is InChI=1S/C13H20N2O3Si/c1-19(2,3)18-13(17)11(15)8-12(16)9-6-4-5-7-10(9)14/h4-7,11H,8,14-15H2,1-3H3. The van der Waals surface area contributed by atoms with Crippen LogP contribution in [0.3, 0.4) is 0 Å². The van der Waals surface area contributed by atoms with E-state index in [9.17, 15) is 9.59 Å². The predicted molar refractivity (Wildman–Crippen MR) is 77.2 cm³/mol. The van der Waals surface area contributed by atoms with Crippen molar-refractivity contribution in [1.82, 2.24) is 0 Å². The lowest BCUT2D eigenvalue weighted by atomic mass is 10.0. The number of hydrogen-bond acceptors (Lipinski definition) is 5. The van der Waals surface area contributed by atoms with Crippen LogP contribution < -0.4 is 11.5 Å². The van der Waals surface area contributed by atoms with E-state index in [1.54, 1.807) is 24.3 Å². The summed E-state index contributed by atoms with van der Waals surface area (Å²) in [5.41, 5.74) is 12.2. The van der Waals surface area contributed by atoms with Crippen molar-refractivity contribution in [3.8, 4) is 0 Å². The average Bonchev–Trinajstić information content (AvgIpc) is 2.27. The monoisotopic (exact) mass is 280 g/mol. The fourth-order valence-electron chi connectivity index (χ4n) is 1.52. The molecule has 104 valence electrons. The third-order valence-electron chi connectivity index (χ3n) is 2.38. The molecule has 6 heteroatoms. The molecule has 0 heterocycles. The zero-order valence-corrected chi connectivity index (χ0v) is 12.5. The number of carbonyl (C=O) groups excluding carboxylic acids is 2. The first-order chi connectivity index (χ1) is 8.70. The number of carbonyl (C=O) groups is 2. The van der Waals surface area contributed by atoms with Gasteiger partial charge in [0.2, 0.25) is 8.32 Å². The lowest BCUT2D eigenvalue weighted by molar-refractivity contribution is -0.136. The summed E-state index contributed by atoms with van der Waals surface area (Å²) in [5.74, 6) is -0.778. The van der Waals surface area contributed by atoms with Gasteiger partial charge in [-0.2, -0.15) is 0 Å². The summed E-state index contributed by atoms with van der Waals surface area (Å²) in [4.78, 5) is 23.7. The molecule has 0 saturated carbocycles. The van der Waals surface area contributed by atoms with Gasteiger partial charge >= 0.3 is 5.97 Å². The first-order valence-corrected chi connectivity index (χ1v) is 9.47. The van der Waals surface area contributed by atoms with Crippen LogP contribution in [0.15, 0.2) is 24.3 Å². The van der Waals surface area contributed by atoms with E-state index in [1.807, 2.05) is 19.6 Å². The van der Waals surface area contributed by atoms with E-state index in [0.717, 1.165) is 0 Å². The maximum atomic E-state index is 12.0. The minimum atomic E-state index is -1.99. The number of ketones is 1. The Morgan fingerprint density at radius 1 is 1.26 bits per heavy atom. The van der Waals surface area contributed by atoms with Gasteiger partial charge in [0.15, 0.2) is 5.78 Å². The molecule has 1 atom stereocenters. The van der Waals surface area contributed by atoms with Crippen LogP contribution in [-0.4, -0.2) is 26.1 Å². The number of nitrogen functional groups attached to an aromatic ring is 1. The van der Waals surface area contributed by atoms with E-state index in [1.165, 1.54) is 0 Å². The Labute approximate surface area is 114 Å². The summed E-state index contributed by atoms with van der Waals surface area (Å²) in [7, 11) is -1.99. The lowest BCUT2D eigenvalue weighted by Gasteiger charge is -2.20. The third kappa shape index (κ3) is 4.84. The third-order valence-corrected chi connectivity index (χ3v) is 3.19. The van der Waals surface area contributed by atoms with Gasteiger partial charge in [-0.15, -0.1) is 0 Å². The molecule has 1 unspecified atom stereocenters. The molecule has 1 aromatic rings. The minimum absolute atomic E-state index is 0.0997. The highest BCUT2D eigenvalue weighted by atomic mass is 28.4. The van der Waals surface area contributed by atoms with Crippen LogP contribution in [0.5, 0.6) is 0 Å². The van der Waals surface area contributed by atoms with Gasteiger partial charge in [0.25, 0.3) is 0 Å². The first-order valence-electron chi connectivity index (χ1n) is 6.07. The summed E-state index contributed by atoms with van der Waals surface area (Å²) >= 11 is 0. The number of anilines is 1. The highest BCUT2D eigenvalue weighted by Gasteiger charge is 2.26. The number of para-hydroxylation sites is 1. The van der Waals surface area contributed by atoms with Gasteiger partial charge < -0.3 is 15.9 Å². The second-order valence-electron chi connectivity index (χ2n) is 5.35. The molecule has 1 rings (SSSR count). The van der Waals surface area contributed by atoms with Crippen molar-refractivity contribution in [3.05, 3.63) is 29.8 Å². The van der Waals surface area contributed by atoms with Crippen LogP contribution in [0.4, 0.5) is 5.69 Å². The van der Waals surface area contributed by atoms with Crippen LogP contribution in [0, 0.1) is 0 Å². The van der Waals surface area contributed by atoms with E-state index in [4.69, 9.17) is 15.9 Å². The van der Waals surface area contributed by atoms with Crippen LogP contribution in [0.1, 0.15) is 16.8 Å². The van der Waals surface area contributed by atoms with Gasteiger partial charge in [-0.05, 0) is 31.8 Å². The van der Waals surface area contributed by atoms with Gasteiger partial charge in [0, 0.05) is 17.7 Å². The van der Waals surface area contributed by atoms with Crippen molar-refractivity contribution in [3.63, 3.8) is 0 Å². The molecule has 1 aromatic carbocycles. The molecular formula is C13H20N2O3Si. The quantitative estimate of drug-likeness (QED) is 0.484. The van der Waals surface area contributed by atoms with E-state index in [-0.39, 0.29) is 12.2 Å². The topological polar surface area (TPSA) is 95.4 Å². The molecular weight excluding hydrogens is 260 g/mol. The van der Waals surface area contributed by atoms with E-state index in [0.29, 0.717) is 11.3 Å². The van der Waals surface area contributed by atoms with E-state index in [2.05, 4.69) is 0 Å². The van der Waals surface area contributed by atoms with Gasteiger partial charge in [-0.25, -0.2) is 0 Å². The molecule has 0 bridgehead atoms. The highest BCUT2D eigenvalue weighted by molar-refractivity contribution is 6.71. The van der Waals surface area contributed by atoms with E-state index < -0.39 is 20.3 Å². The van der Waals surface area contributed by atoms with Crippen LogP contribution >= 0.6 is 0 Å². The Hall–Kier alpha value is -1.66. The SMILES string of the molecule is C[Si](C)(C)OC(=O)C(N)CC(=O)c1ccccc1N. The smallest absolute Gasteiger partial charge is 0.310 e. The highest BCUT2D eigenvalue weighted by Crippen LogP contribution is 2.14. The Morgan fingerprint density at radius 2 is 1.84 bits per heavy atom. The number of rotatable bonds is 5. The summed E-state index contributed by atoms with van der Waals surface area (Å²) < 4.78 is 5.26. The molecule has 4 N–H and O–H groups in total. The molecule has 0 aliphatic heterocycles. The Morgan fingerprint density at radius 3 is 2.37 bits per heavy atom. The molecule has 0 radical (unpaired) electrons. The first kappa shape index (κ1) is 15.4. The van der Waals surface area contributed by atoms with E-state index >= 15 is 0 Å². The van der Waals surface area contributed by atoms with Crippen LogP contribution in [0.2, 0.25) is 19.6 Å². The number of hydrogen-bond donors (Lipinski definition) is 2. The predicted octanol–water partition coefficient (Wildman–Crippen LogP) is 1.55. The van der Waals surface area contributed by atoms with Crippen molar-refractivity contribution in [2.45, 2.75) is 32.1 Å². The van der Waals surface area contributed by atoms with Crippen LogP contribution in [-0.2, 0) is 9.22 Å². The Kier molecular flexibility index (Phi) is 4.85. The maximum Gasteiger partial charge on any atom is 0.310 e. The van der Waals surface area contributed by atoms with Crippen molar-refractivity contribution in [1.29, 1.82) is 0 Å². The zero-order valence-electron chi connectivity index (χ0n) is 11.5. The number of nitrogens with two attached hydrogens (primary N) is 2. The summed E-state index contributed by atoms with van der Waals surface area (Å²) in [5, 5.41) is 0. The lowest BCUT2D eigenvalue weighted by Crippen LogP contribution is -2.40. The summed E-state index contributed by atoms with van der Waals surface area (Å²) in [6.07, 6.45) is -0.0997. The Balaban J connectivity index is 2.67. The van der Waals surface area contributed by atoms with Crippen molar-refractivity contribution in [2.24, 2.45) is 5.73 Å². The summed E-state index contributed by atoms with van der Waals surface area (Å²) in [6, 6.07) is 5.77. The van der Waals surface area contributed by atoms with Crippen molar-refractivity contribution >= 4 is 25.8 Å². The molecule has 0 fully saturated rings. The molecule has 5 nitrogen and oxygen atoms in total. The molecule has 0 saturated heterocycles. The normalized spacial score (nSPS) is 12.8. The van der Waals surface area contributed by atoms with Gasteiger partial charge in [0.1, 0.15) is 6.04 Å². The van der Waals surface area contributed by atoms with Crippen LogP contribution in [0.25, 0.3) is 0 Å². The minimum Gasteiger partial charge on any atom is -0.519 e. The fraction of sp³-hybridized carbons (Fsp3) is 0.385. The second-order valence-corrected chi connectivity index (χ2v) is 9.78. The van der Waals surface area contributed by atoms with Gasteiger partial charge in [-0.1, -0.05) is 12.1 Å². The Bertz CT molecular complexity index is 483. The number of benzene rings is 1. The molecule has 19 heavy (non-hydrogen) atoms. The zero-order chi connectivity index (χ0) is 14.6. The molecule has 0 amide bonds.